The predicted molar refractivity (Wildman–Crippen MR) is 97.5 cm³/mol. The zero-order valence-electron chi connectivity index (χ0n) is 15.0. The van der Waals surface area contributed by atoms with Crippen molar-refractivity contribution in [2.75, 3.05) is 13.1 Å². The molecule has 2 N–H and O–H groups in total. The van der Waals surface area contributed by atoms with E-state index in [0.717, 1.165) is 36.1 Å². The monoisotopic (exact) mass is 341 g/mol. The number of carbonyl (C=O) groups is 1. The third-order valence-corrected chi connectivity index (χ3v) is 5.33. The van der Waals surface area contributed by atoms with Crippen LogP contribution in [0.5, 0.6) is 0 Å². The lowest BCUT2D eigenvalue weighted by molar-refractivity contribution is 0.0463. The van der Waals surface area contributed by atoms with E-state index < -0.39 is 0 Å². The van der Waals surface area contributed by atoms with E-state index in [1.807, 2.05) is 49.1 Å². The number of H-pyrrole nitrogens is 1. The molecule has 134 valence electrons. The molecule has 0 unspecified atom stereocenters. The van der Waals surface area contributed by atoms with Crippen molar-refractivity contribution in [2.45, 2.75) is 45.6 Å². The molecule has 1 fully saturated rings. The minimum absolute atomic E-state index is 0.00412. The van der Waals surface area contributed by atoms with Crippen molar-refractivity contribution in [3.05, 3.63) is 52.8 Å². The van der Waals surface area contributed by atoms with E-state index in [1.165, 1.54) is 0 Å². The smallest absolute Gasteiger partial charge is 0.274 e. The first-order chi connectivity index (χ1) is 12.1. The summed E-state index contributed by atoms with van der Waals surface area (Å²) in [6.45, 7) is 5.37. The fourth-order valence-electron chi connectivity index (χ4n) is 3.65. The van der Waals surface area contributed by atoms with Gasteiger partial charge in [0.1, 0.15) is 0 Å². The highest BCUT2D eigenvalue weighted by atomic mass is 16.3. The van der Waals surface area contributed by atoms with Crippen LogP contribution in [0.15, 0.2) is 30.3 Å². The van der Waals surface area contributed by atoms with Crippen LogP contribution >= 0.6 is 0 Å². The van der Waals surface area contributed by atoms with Crippen LogP contribution in [0.3, 0.4) is 0 Å². The summed E-state index contributed by atoms with van der Waals surface area (Å²) < 4.78 is 0. The zero-order valence-corrected chi connectivity index (χ0v) is 15.0. The van der Waals surface area contributed by atoms with Crippen molar-refractivity contribution < 1.29 is 9.90 Å². The van der Waals surface area contributed by atoms with Crippen molar-refractivity contribution in [1.29, 1.82) is 0 Å². The number of nitrogens with one attached hydrogen (secondary N) is 1. The summed E-state index contributed by atoms with van der Waals surface area (Å²) in [5.74, 6) is 0.250. The second kappa shape index (κ2) is 7.83. The molecule has 5 nitrogen and oxygen atoms in total. The van der Waals surface area contributed by atoms with Crippen molar-refractivity contribution in [2.24, 2.45) is 5.92 Å². The molecule has 0 saturated carbocycles. The molecule has 1 aromatic carbocycles. The first kappa shape index (κ1) is 17.7. The number of benzene rings is 1. The van der Waals surface area contributed by atoms with Crippen molar-refractivity contribution >= 4 is 5.91 Å². The van der Waals surface area contributed by atoms with E-state index >= 15 is 0 Å². The Bertz CT molecular complexity index is 703. The highest BCUT2D eigenvalue weighted by Gasteiger charge is 2.29. The second-order valence-electron chi connectivity index (χ2n) is 6.92. The molecule has 0 spiro atoms. The van der Waals surface area contributed by atoms with Gasteiger partial charge in [-0.3, -0.25) is 9.89 Å². The average molecular weight is 341 g/mol. The summed E-state index contributed by atoms with van der Waals surface area (Å²) >= 11 is 0. The van der Waals surface area contributed by atoms with E-state index in [1.54, 1.807) is 0 Å². The summed E-state index contributed by atoms with van der Waals surface area (Å²) in [6.07, 6.45) is 2.85. The number of rotatable bonds is 5. The number of carbonyl (C=O) groups excluding carboxylic acids is 1. The maximum atomic E-state index is 12.7. The number of hydrogen-bond donors (Lipinski definition) is 2. The quantitative estimate of drug-likeness (QED) is 0.878. The van der Waals surface area contributed by atoms with Gasteiger partial charge >= 0.3 is 0 Å². The zero-order chi connectivity index (χ0) is 17.8. The Morgan fingerprint density at radius 2 is 2.00 bits per heavy atom. The van der Waals surface area contributed by atoms with Gasteiger partial charge in [0.25, 0.3) is 5.91 Å². The van der Waals surface area contributed by atoms with E-state index in [0.29, 0.717) is 25.2 Å². The molecule has 0 radical (unpaired) electrons. The number of hydrogen-bond acceptors (Lipinski definition) is 3. The van der Waals surface area contributed by atoms with Crippen molar-refractivity contribution in [3.8, 4) is 0 Å². The maximum Gasteiger partial charge on any atom is 0.274 e. The molecular formula is C20H27N3O2. The first-order valence-corrected chi connectivity index (χ1v) is 9.15. The van der Waals surface area contributed by atoms with Gasteiger partial charge in [-0.25, -0.2) is 0 Å². The molecule has 0 aliphatic carbocycles. The molecule has 3 rings (SSSR count). The molecule has 2 heterocycles. The lowest BCUT2D eigenvalue weighted by atomic mass is 9.88. The van der Waals surface area contributed by atoms with Crippen molar-refractivity contribution in [1.82, 2.24) is 15.1 Å². The number of aryl methyl sites for hydroxylation is 1. The van der Waals surface area contributed by atoms with Crippen LogP contribution in [-0.2, 0) is 12.8 Å². The van der Waals surface area contributed by atoms with Gasteiger partial charge < -0.3 is 10.0 Å². The van der Waals surface area contributed by atoms with Crippen LogP contribution in [0.4, 0.5) is 0 Å². The summed E-state index contributed by atoms with van der Waals surface area (Å²) in [5.41, 5.74) is 3.68. The molecule has 5 heteroatoms. The third kappa shape index (κ3) is 3.93. The highest BCUT2D eigenvalue weighted by Crippen LogP contribution is 2.24. The third-order valence-electron chi connectivity index (χ3n) is 5.33. The van der Waals surface area contributed by atoms with Crippen LogP contribution in [0.25, 0.3) is 0 Å². The van der Waals surface area contributed by atoms with E-state index in [9.17, 15) is 9.90 Å². The number of aliphatic hydroxyl groups excluding tert-OH is 1. The van der Waals surface area contributed by atoms with Gasteiger partial charge in [0.05, 0.1) is 6.10 Å². The molecule has 0 bridgehead atoms. The Balaban J connectivity index is 1.56. The summed E-state index contributed by atoms with van der Waals surface area (Å²) in [4.78, 5) is 14.6. The number of aromatic amines is 1. The lowest BCUT2D eigenvalue weighted by Crippen LogP contribution is -2.42. The first-order valence-electron chi connectivity index (χ1n) is 9.15. The highest BCUT2D eigenvalue weighted by molar-refractivity contribution is 5.94. The fraction of sp³-hybridized carbons (Fsp3) is 0.500. The van der Waals surface area contributed by atoms with Gasteiger partial charge in [-0.15, -0.1) is 0 Å². The molecule has 1 aliphatic heterocycles. The Kier molecular flexibility index (Phi) is 5.53. The number of aromatic nitrogens is 2. The minimum Gasteiger partial charge on any atom is -0.392 e. The van der Waals surface area contributed by atoms with Crippen LogP contribution in [0, 0.1) is 12.8 Å². The SMILES string of the molecule is CCc1[nH]nc(C(=O)N2CCC([C@@H](O)Cc3ccccc3)CC2)c1C. The molecule has 1 atom stereocenters. The summed E-state index contributed by atoms with van der Waals surface area (Å²) in [7, 11) is 0. The summed E-state index contributed by atoms with van der Waals surface area (Å²) in [6, 6.07) is 10.1. The van der Waals surface area contributed by atoms with E-state index in [2.05, 4.69) is 10.2 Å². The summed E-state index contributed by atoms with van der Waals surface area (Å²) in [5, 5.41) is 17.7. The number of piperidine rings is 1. The van der Waals surface area contributed by atoms with E-state index in [-0.39, 0.29) is 17.9 Å². The van der Waals surface area contributed by atoms with Gasteiger partial charge in [0, 0.05) is 24.3 Å². The van der Waals surface area contributed by atoms with E-state index in [4.69, 9.17) is 0 Å². The molecule has 2 aromatic rings. The lowest BCUT2D eigenvalue weighted by Gasteiger charge is -2.34. The van der Waals surface area contributed by atoms with Crippen molar-refractivity contribution in [3.63, 3.8) is 0 Å². The predicted octanol–water partition coefficient (Wildman–Crippen LogP) is 2.74. The topological polar surface area (TPSA) is 69.2 Å². The number of likely N-dealkylation sites (tertiary alicyclic amines) is 1. The minimum atomic E-state index is -0.349. The van der Waals surface area contributed by atoms with Gasteiger partial charge in [-0.05, 0) is 44.1 Å². The Morgan fingerprint density at radius 1 is 1.32 bits per heavy atom. The standard InChI is InChI=1S/C20H27N3O2/c1-3-17-14(2)19(22-21-17)20(25)23-11-9-16(10-12-23)18(24)13-15-7-5-4-6-8-15/h4-8,16,18,24H,3,9-13H2,1-2H3,(H,21,22)/t18-/m0/s1. The fourth-order valence-corrected chi connectivity index (χ4v) is 3.65. The van der Waals surface area contributed by atoms with Crippen LogP contribution in [0.1, 0.15) is 47.1 Å². The number of nitrogens with zero attached hydrogens (tertiary/aromatic N) is 2. The maximum absolute atomic E-state index is 12.7. The van der Waals surface area contributed by atoms with Crippen LogP contribution in [-0.4, -0.2) is 45.3 Å². The van der Waals surface area contributed by atoms with Gasteiger partial charge in [0.15, 0.2) is 5.69 Å². The Hall–Kier alpha value is -2.14. The Morgan fingerprint density at radius 3 is 2.60 bits per heavy atom. The molecule has 25 heavy (non-hydrogen) atoms. The van der Waals surface area contributed by atoms with Crippen LogP contribution in [0.2, 0.25) is 0 Å². The normalized spacial score (nSPS) is 16.8. The molecule has 1 amide bonds. The second-order valence-corrected chi connectivity index (χ2v) is 6.92. The van der Waals surface area contributed by atoms with Gasteiger partial charge in [0.2, 0.25) is 0 Å². The largest absolute Gasteiger partial charge is 0.392 e. The number of amides is 1. The molecule has 1 saturated heterocycles. The van der Waals surface area contributed by atoms with Crippen LogP contribution < -0.4 is 0 Å². The molecule has 1 aliphatic rings. The van der Waals surface area contributed by atoms with Gasteiger partial charge in [-0.2, -0.15) is 5.10 Å². The average Bonchev–Trinajstić information content (AvgIpc) is 3.02. The molecule has 1 aromatic heterocycles. The van der Waals surface area contributed by atoms with Gasteiger partial charge in [-0.1, -0.05) is 37.3 Å². The molecular weight excluding hydrogens is 314 g/mol. The Labute approximate surface area is 149 Å². The number of aliphatic hydroxyl groups is 1.